The van der Waals surface area contributed by atoms with E-state index in [1.807, 2.05) is 62.4 Å². The summed E-state index contributed by atoms with van der Waals surface area (Å²) in [4.78, 5) is 26.8. The molecule has 1 heterocycles. The highest BCUT2D eigenvalue weighted by Gasteiger charge is 2.37. The lowest BCUT2D eigenvalue weighted by atomic mass is 10.1. The van der Waals surface area contributed by atoms with E-state index in [-0.39, 0.29) is 11.8 Å². The number of carbonyl (C=O) groups excluding carboxylic acids is 2. The molecule has 0 aromatic heterocycles. The summed E-state index contributed by atoms with van der Waals surface area (Å²) in [5.74, 6) is 0.481. The van der Waals surface area contributed by atoms with Crippen LogP contribution in [0.2, 0.25) is 0 Å². The van der Waals surface area contributed by atoms with Crippen LogP contribution in [0.5, 0.6) is 11.5 Å². The lowest BCUT2D eigenvalue weighted by Gasteiger charge is -2.16. The summed E-state index contributed by atoms with van der Waals surface area (Å²) in [6.07, 6.45) is 1.19. The number of hydrogen-bond acceptors (Lipinski definition) is 4. The first-order valence-corrected chi connectivity index (χ1v) is 10.2. The molecular weight excluding hydrogens is 368 g/mol. The Balaban J connectivity index is 1.53. The van der Waals surface area contributed by atoms with Crippen LogP contribution in [0.15, 0.2) is 48.5 Å². The normalized spacial score (nSPS) is 16.0. The van der Waals surface area contributed by atoms with Gasteiger partial charge in [-0.25, -0.2) is 0 Å². The Morgan fingerprint density at radius 1 is 1.07 bits per heavy atom. The van der Waals surface area contributed by atoms with Crippen molar-refractivity contribution in [2.45, 2.75) is 26.7 Å². The fraction of sp³-hybridized carbons (Fsp3) is 0.391. The van der Waals surface area contributed by atoms with E-state index >= 15 is 0 Å². The number of nitrogens with one attached hydrogen (secondary N) is 1. The van der Waals surface area contributed by atoms with Crippen LogP contribution in [0, 0.1) is 5.92 Å². The molecule has 154 valence electrons. The van der Waals surface area contributed by atoms with Crippen molar-refractivity contribution < 1.29 is 19.1 Å². The highest BCUT2D eigenvalue weighted by atomic mass is 16.5. The molecule has 2 aromatic carbocycles. The number of hydrogen-bond donors (Lipinski definition) is 1. The zero-order chi connectivity index (χ0) is 20.6. The summed E-state index contributed by atoms with van der Waals surface area (Å²) in [7, 11) is 0. The monoisotopic (exact) mass is 396 g/mol. The molecule has 29 heavy (non-hydrogen) atoms. The smallest absolute Gasteiger partial charge is 0.239 e. The molecule has 1 saturated heterocycles. The highest BCUT2D eigenvalue weighted by molar-refractivity contribution is 6.09. The van der Waals surface area contributed by atoms with Gasteiger partial charge in [-0.15, -0.1) is 0 Å². The zero-order valence-electron chi connectivity index (χ0n) is 17.0. The summed E-state index contributed by atoms with van der Waals surface area (Å²) in [5, 5.41) is 2.91. The van der Waals surface area contributed by atoms with Crippen LogP contribution in [0.1, 0.15) is 25.8 Å². The number of benzene rings is 2. The van der Waals surface area contributed by atoms with Gasteiger partial charge in [-0.1, -0.05) is 24.3 Å². The second kappa shape index (κ2) is 9.96. The van der Waals surface area contributed by atoms with Crippen LogP contribution in [0.25, 0.3) is 0 Å². The van der Waals surface area contributed by atoms with Crippen molar-refractivity contribution in [2.75, 3.05) is 31.2 Å². The molecule has 0 saturated carbocycles. The van der Waals surface area contributed by atoms with E-state index in [1.54, 1.807) is 4.90 Å². The number of amides is 2. The van der Waals surface area contributed by atoms with Gasteiger partial charge in [0.2, 0.25) is 11.8 Å². The topological polar surface area (TPSA) is 67.9 Å². The maximum absolute atomic E-state index is 12.6. The Morgan fingerprint density at radius 2 is 1.79 bits per heavy atom. The van der Waals surface area contributed by atoms with Gasteiger partial charge in [-0.3, -0.25) is 9.59 Å². The Bertz CT molecular complexity index is 838. The predicted molar refractivity (Wildman–Crippen MR) is 112 cm³/mol. The Labute approximate surface area is 171 Å². The van der Waals surface area contributed by atoms with Crippen LogP contribution in [-0.4, -0.2) is 38.1 Å². The first-order valence-electron chi connectivity index (χ1n) is 10.2. The minimum Gasteiger partial charge on any atom is -0.490 e. The van der Waals surface area contributed by atoms with Crippen molar-refractivity contribution in [2.24, 2.45) is 5.92 Å². The van der Waals surface area contributed by atoms with Gasteiger partial charge in [0.15, 0.2) is 11.5 Å². The molecule has 1 aliphatic heterocycles. The molecule has 6 heteroatoms. The van der Waals surface area contributed by atoms with E-state index in [1.165, 1.54) is 0 Å². The molecular formula is C23H28N2O4. The first kappa shape index (κ1) is 20.7. The predicted octanol–water partition coefficient (Wildman–Crippen LogP) is 3.20. The quantitative estimate of drug-likeness (QED) is 0.661. The van der Waals surface area contributed by atoms with Gasteiger partial charge in [-0.2, -0.15) is 0 Å². The minimum absolute atomic E-state index is 0.131. The Morgan fingerprint density at radius 3 is 2.52 bits per heavy atom. The third-order valence-corrected chi connectivity index (χ3v) is 4.91. The molecule has 0 unspecified atom stereocenters. The standard InChI is InChI=1S/C23H28N2O4/c1-3-28-20-11-10-17(16-21(20)29-4-2)12-14-24-22(26)19-13-15-25(23(19)27)18-8-6-5-7-9-18/h5-11,16,19H,3-4,12-15H2,1-2H3,(H,24,26)/t19-/m0/s1. The number of para-hydroxylation sites is 1. The molecule has 6 nitrogen and oxygen atoms in total. The van der Waals surface area contributed by atoms with E-state index in [0.29, 0.717) is 44.9 Å². The lowest BCUT2D eigenvalue weighted by Crippen LogP contribution is -2.37. The molecule has 0 spiro atoms. The van der Waals surface area contributed by atoms with E-state index < -0.39 is 5.92 Å². The molecule has 1 N–H and O–H groups in total. The van der Waals surface area contributed by atoms with Crippen LogP contribution in [0.3, 0.4) is 0 Å². The molecule has 0 aliphatic carbocycles. The number of nitrogens with zero attached hydrogens (tertiary/aromatic N) is 1. The SMILES string of the molecule is CCOc1ccc(CCNC(=O)[C@@H]2CCN(c3ccccc3)C2=O)cc1OCC. The number of anilines is 1. The fourth-order valence-corrected chi connectivity index (χ4v) is 3.49. The van der Waals surface area contributed by atoms with E-state index in [4.69, 9.17) is 9.47 Å². The second-order valence-corrected chi connectivity index (χ2v) is 6.85. The molecule has 3 rings (SSSR count). The summed E-state index contributed by atoms with van der Waals surface area (Å²) in [5.41, 5.74) is 1.88. The average molecular weight is 396 g/mol. The maximum Gasteiger partial charge on any atom is 0.239 e. The molecule has 1 atom stereocenters. The summed E-state index contributed by atoms with van der Waals surface area (Å²) in [6.45, 7) is 6.03. The van der Waals surface area contributed by atoms with E-state index in [2.05, 4.69) is 5.32 Å². The average Bonchev–Trinajstić information content (AvgIpc) is 3.12. The Kier molecular flexibility index (Phi) is 7.11. The van der Waals surface area contributed by atoms with E-state index in [0.717, 1.165) is 17.0 Å². The summed E-state index contributed by atoms with van der Waals surface area (Å²) in [6, 6.07) is 15.3. The Hall–Kier alpha value is -3.02. The van der Waals surface area contributed by atoms with Crippen molar-refractivity contribution >= 4 is 17.5 Å². The van der Waals surface area contributed by atoms with Crippen LogP contribution >= 0.6 is 0 Å². The van der Waals surface area contributed by atoms with Crippen molar-refractivity contribution in [1.29, 1.82) is 0 Å². The van der Waals surface area contributed by atoms with Gasteiger partial charge < -0.3 is 19.7 Å². The number of rotatable bonds is 9. The van der Waals surface area contributed by atoms with Crippen molar-refractivity contribution in [3.8, 4) is 11.5 Å². The van der Waals surface area contributed by atoms with Gasteiger partial charge in [0, 0.05) is 18.8 Å². The molecule has 0 bridgehead atoms. The van der Waals surface area contributed by atoms with Crippen molar-refractivity contribution in [3.05, 3.63) is 54.1 Å². The third-order valence-electron chi connectivity index (χ3n) is 4.91. The zero-order valence-corrected chi connectivity index (χ0v) is 17.0. The number of ether oxygens (including phenoxy) is 2. The van der Waals surface area contributed by atoms with Gasteiger partial charge in [0.05, 0.1) is 13.2 Å². The number of carbonyl (C=O) groups is 2. The maximum atomic E-state index is 12.6. The first-order chi connectivity index (χ1) is 14.1. The molecule has 0 radical (unpaired) electrons. The largest absolute Gasteiger partial charge is 0.490 e. The van der Waals surface area contributed by atoms with Crippen molar-refractivity contribution in [1.82, 2.24) is 5.32 Å². The van der Waals surface area contributed by atoms with E-state index in [9.17, 15) is 9.59 Å². The third kappa shape index (κ3) is 5.08. The van der Waals surface area contributed by atoms with Crippen LogP contribution < -0.4 is 19.7 Å². The molecule has 2 amide bonds. The van der Waals surface area contributed by atoms with Gasteiger partial charge in [-0.05, 0) is 56.5 Å². The van der Waals surface area contributed by atoms with Crippen LogP contribution in [0.4, 0.5) is 5.69 Å². The lowest BCUT2D eigenvalue weighted by molar-refractivity contribution is -0.132. The summed E-state index contributed by atoms with van der Waals surface area (Å²) >= 11 is 0. The van der Waals surface area contributed by atoms with Gasteiger partial charge >= 0.3 is 0 Å². The molecule has 1 aliphatic rings. The molecule has 1 fully saturated rings. The summed E-state index contributed by atoms with van der Waals surface area (Å²) < 4.78 is 11.2. The fourth-order valence-electron chi connectivity index (χ4n) is 3.49. The highest BCUT2D eigenvalue weighted by Crippen LogP contribution is 2.29. The molecule has 2 aromatic rings. The van der Waals surface area contributed by atoms with Crippen LogP contribution in [-0.2, 0) is 16.0 Å². The van der Waals surface area contributed by atoms with Gasteiger partial charge in [0.1, 0.15) is 5.92 Å². The van der Waals surface area contributed by atoms with Gasteiger partial charge in [0.25, 0.3) is 0 Å². The van der Waals surface area contributed by atoms with Crippen molar-refractivity contribution in [3.63, 3.8) is 0 Å². The second-order valence-electron chi connectivity index (χ2n) is 6.85. The minimum atomic E-state index is -0.616.